The molecule has 1 rings (SSSR count). The van der Waals surface area contributed by atoms with Crippen LogP contribution in [0.2, 0.25) is 0 Å². The quantitative estimate of drug-likeness (QED) is 0.901. The molecule has 0 bridgehead atoms. The summed E-state index contributed by atoms with van der Waals surface area (Å²) in [7, 11) is 6.09. The van der Waals surface area contributed by atoms with Gasteiger partial charge < -0.3 is 10.0 Å². The smallest absolute Gasteiger partial charge is 0.185 e. The van der Waals surface area contributed by atoms with E-state index in [0.29, 0.717) is 0 Å². The summed E-state index contributed by atoms with van der Waals surface area (Å²) < 4.78 is 0. The molecule has 1 aromatic heterocycles. The summed E-state index contributed by atoms with van der Waals surface area (Å²) in [5, 5.41) is 10.6. The van der Waals surface area contributed by atoms with Crippen molar-refractivity contribution >= 4 is 16.5 Å². The van der Waals surface area contributed by atoms with Gasteiger partial charge in [0.2, 0.25) is 0 Å². The minimum atomic E-state index is 0.0620. The molecule has 0 saturated heterocycles. The van der Waals surface area contributed by atoms with Crippen molar-refractivity contribution in [2.24, 2.45) is 5.41 Å². The number of aliphatic hydroxyl groups is 1. The number of thiazole rings is 1. The van der Waals surface area contributed by atoms with Gasteiger partial charge in [-0.15, -0.1) is 11.3 Å². The van der Waals surface area contributed by atoms with Crippen LogP contribution in [-0.4, -0.2) is 48.8 Å². The number of nitrogens with zero attached hydrogens (tertiary/aromatic N) is 3. The lowest BCUT2D eigenvalue weighted by molar-refractivity contribution is 0.0619. The van der Waals surface area contributed by atoms with E-state index < -0.39 is 0 Å². The Balaban J connectivity index is 2.84. The first-order chi connectivity index (χ1) is 8.66. The molecule has 0 saturated carbocycles. The van der Waals surface area contributed by atoms with Gasteiger partial charge in [-0.05, 0) is 19.4 Å². The third-order valence-corrected chi connectivity index (χ3v) is 4.67. The molecule has 0 spiro atoms. The minimum absolute atomic E-state index is 0.0620. The van der Waals surface area contributed by atoms with Crippen molar-refractivity contribution in [1.82, 2.24) is 9.88 Å². The Hall–Kier alpha value is -0.650. The van der Waals surface area contributed by atoms with Crippen LogP contribution in [0, 0.1) is 12.3 Å². The van der Waals surface area contributed by atoms with Gasteiger partial charge in [0.05, 0.1) is 12.3 Å². The van der Waals surface area contributed by atoms with Crippen molar-refractivity contribution in [3.63, 3.8) is 0 Å². The molecule has 1 N–H and O–H groups in total. The van der Waals surface area contributed by atoms with Crippen LogP contribution in [-0.2, 0) is 6.54 Å². The maximum absolute atomic E-state index is 9.61. The van der Waals surface area contributed by atoms with Gasteiger partial charge in [-0.2, -0.15) is 0 Å². The number of aromatic nitrogens is 1. The molecule has 1 aromatic rings. The van der Waals surface area contributed by atoms with E-state index >= 15 is 0 Å². The van der Waals surface area contributed by atoms with Gasteiger partial charge in [-0.25, -0.2) is 4.98 Å². The summed E-state index contributed by atoms with van der Waals surface area (Å²) in [6.07, 6.45) is 0. The zero-order valence-electron chi connectivity index (χ0n) is 13.2. The van der Waals surface area contributed by atoms with Crippen LogP contribution in [0.1, 0.15) is 31.3 Å². The SMILES string of the molecule is Cc1nc(N(C)C)sc1CN(C)C(CO)C(C)(C)C. The predicted molar refractivity (Wildman–Crippen MR) is 83.0 cm³/mol. The van der Waals surface area contributed by atoms with E-state index in [1.807, 2.05) is 19.0 Å². The van der Waals surface area contributed by atoms with Crippen molar-refractivity contribution in [3.05, 3.63) is 10.6 Å². The fourth-order valence-corrected chi connectivity index (χ4v) is 3.21. The summed E-state index contributed by atoms with van der Waals surface area (Å²) in [4.78, 5) is 10.1. The van der Waals surface area contributed by atoms with E-state index in [1.54, 1.807) is 11.3 Å². The summed E-state index contributed by atoms with van der Waals surface area (Å²) in [6.45, 7) is 9.55. The van der Waals surface area contributed by atoms with Crippen LogP contribution < -0.4 is 4.90 Å². The zero-order valence-corrected chi connectivity index (χ0v) is 14.0. The van der Waals surface area contributed by atoms with E-state index in [4.69, 9.17) is 0 Å². The molecule has 1 atom stereocenters. The predicted octanol–water partition coefficient (Wildman–Crippen LogP) is 2.36. The molecule has 5 heteroatoms. The fraction of sp³-hybridized carbons (Fsp3) is 0.786. The Morgan fingerprint density at radius 3 is 2.21 bits per heavy atom. The van der Waals surface area contributed by atoms with E-state index in [-0.39, 0.29) is 18.1 Å². The monoisotopic (exact) mass is 285 g/mol. The Morgan fingerprint density at radius 2 is 1.84 bits per heavy atom. The Bertz CT molecular complexity index is 409. The molecule has 4 nitrogen and oxygen atoms in total. The number of anilines is 1. The second kappa shape index (κ2) is 6.20. The second-order valence-corrected chi connectivity index (χ2v) is 7.44. The van der Waals surface area contributed by atoms with Crippen LogP contribution in [0.3, 0.4) is 0 Å². The van der Waals surface area contributed by atoms with Crippen molar-refractivity contribution in [1.29, 1.82) is 0 Å². The molecule has 0 aromatic carbocycles. The molecule has 0 fully saturated rings. The van der Waals surface area contributed by atoms with Crippen LogP contribution in [0.15, 0.2) is 0 Å². The Kier molecular flexibility index (Phi) is 5.35. The molecular formula is C14H27N3OS. The first-order valence-electron chi connectivity index (χ1n) is 6.61. The van der Waals surface area contributed by atoms with Crippen molar-refractivity contribution in [2.45, 2.75) is 40.3 Å². The largest absolute Gasteiger partial charge is 0.395 e. The lowest BCUT2D eigenvalue weighted by atomic mass is 9.86. The minimum Gasteiger partial charge on any atom is -0.395 e. The number of likely N-dealkylation sites (N-methyl/N-ethyl adjacent to an activating group) is 1. The fourth-order valence-electron chi connectivity index (χ4n) is 2.16. The van der Waals surface area contributed by atoms with Crippen LogP contribution >= 0.6 is 11.3 Å². The van der Waals surface area contributed by atoms with Gasteiger partial charge in [0.25, 0.3) is 0 Å². The normalized spacial score (nSPS) is 13.9. The number of aryl methyl sites for hydroxylation is 1. The first kappa shape index (κ1) is 16.4. The van der Waals surface area contributed by atoms with Crippen molar-refractivity contribution in [2.75, 3.05) is 32.6 Å². The van der Waals surface area contributed by atoms with E-state index in [9.17, 15) is 5.11 Å². The van der Waals surface area contributed by atoms with Gasteiger partial charge in [-0.1, -0.05) is 20.8 Å². The van der Waals surface area contributed by atoms with Gasteiger partial charge >= 0.3 is 0 Å². The maximum atomic E-state index is 9.61. The lowest BCUT2D eigenvalue weighted by Gasteiger charge is -2.36. The van der Waals surface area contributed by atoms with E-state index in [1.165, 1.54) is 4.88 Å². The standard InChI is InChI=1S/C14H27N3OS/c1-10-11(19-13(15-10)16(5)6)8-17(7)12(9-18)14(2,3)4/h12,18H,8-9H2,1-7H3. The number of hydrogen-bond donors (Lipinski definition) is 1. The molecule has 1 unspecified atom stereocenters. The molecule has 0 aliphatic rings. The Morgan fingerprint density at radius 1 is 1.26 bits per heavy atom. The van der Waals surface area contributed by atoms with Gasteiger partial charge in [0, 0.05) is 31.6 Å². The Labute approximate surface area is 121 Å². The number of rotatable bonds is 5. The average Bonchev–Trinajstić information content (AvgIpc) is 2.59. The molecule has 0 amide bonds. The van der Waals surface area contributed by atoms with Crippen molar-refractivity contribution in [3.8, 4) is 0 Å². The molecule has 0 aliphatic heterocycles. The summed E-state index contributed by atoms with van der Waals surface area (Å²) in [5.74, 6) is 0. The second-order valence-electron chi connectivity index (χ2n) is 6.38. The van der Waals surface area contributed by atoms with E-state index in [0.717, 1.165) is 17.4 Å². The highest BCUT2D eigenvalue weighted by Crippen LogP contribution is 2.29. The van der Waals surface area contributed by atoms with Crippen LogP contribution in [0.4, 0.5) is 5.13 Å². The van der Waals surface area contributed by atoms with Gasteiger partial charge in [0.1, 0.15) is 0 Å². The summed E-state index contributed by atoms with van der Waals surface area (Å²) in [5.41, 5.74) is 1.15. The maximum Gasteiger partial charge on any atom is 0.185 e. The van der Waals surface area contributed by atoms with Crippen LogP contribution in [0.25, 0.3) is 0 Å². The molecule has 0 aliphatic carbocycles. The van der Waals surface area contributed by atoms with Crippen molar-refractivity contribution < 1.29 is 5.11 Å². The molecular weight excluding hydrogens is 258 g/mol. The number of hydrogen-bond acceptors (Lipinski definition) is 5. The third kappa shape index (κ3) is 4.16. The lowest BCUT2D eigenvalue weighted by Crippen LogP contribution is -2.43. The average molecular weight is 285 g/mol. The first-order valence-corrected chi connectivity index (χ1v) is 7.43. The molecule has 110 valence electrons. The summed E-state index contributed by atoms with van der Waals surface area (Å²) in [6, 6.07) is 0.150. The van der Waals surface area contributed by atoms with E-state index in [2.05, 4.69) is 44.6 Å². The molecule has 1 heterocycles. The van der Waals surface area contributed by atoms with Gasteiger partial charge in [0.15, 0.2) is 5.13 Å². The van der Waals surface area contributed by atoms with Gasteiger partial charge in [-0.3, -0.25) is 4.90 Å². The highest BCUT2D eigenvalue weighted by Gasteiger charge is 2.28. The highest BCUT2D eigenvalue weighted by molar-refractivity contribution is 7.15. The highest BCUT2D eigenvalue weighted by atomic mass is 32.1. The number of aliphatic hydroxyl groups excluding tert-OH is 1. The summed E-state index contributed by atoms with van der Waals surface area (Å²) >= 11 is 1.73. The third-order valence-electron chi connectivity index (χ3n) is 3.36. The topological polar surface area (TPSA) is 39.6 Å². The molecule has 19 heavy (non-hydrogen) atoms. The van der Waals surface area contributed by atoms with Crippen LogP contribution in [0.5, 0.6) is 0 Å². The zero-order chi connectivity index (χ0) is 14.8. The molecule has 0 radical (unpaired) electrons.